The number of aromatic nitrogens is 4. The molecule has 4 N–H and O–H groups in total. The van der Waals surface area contributed by atoms with Gasteiger partial charge in [-0.25, -0.2) is 18.7 Å². The largest absolute Gasteiger partial charge is 0.493 e. The number of anilines is 3. The van der Waals surface area contributed by atoms with E-state index in [0.29, 0.717) is 54.1 Å². The third kappa shape index (κ3) is 7.40. The van der Waals surface area contributed by atoms with Gasteiger partial charge in [-0.15, -0.1) is 0 Å². The Morgan fingerprint density at radius 2 is 2.05 bits per heavy atom. The van der Waals surface area contributed by atoms with Gasteiger partial charge in [0.05, 0.1) is 36.9 Å². The lowest BCUT2D eigenvalue weighted by Gasteiger charge is -2.14. The van der Waals surface area contributed by atoms with Gasteiger partial charge < -0.3 is 20.5 Å². The predicted molar refractivity (Wildman–Crippen MR) is 152 cm³/mol. The number of aromatic amines is 1. The van der Waals surface area contributed by atoms with Crippen molar-refractivity contribution in [2.24, 2.45) is 10.9 Å². The molecular weight excluding hydrogens is 532 g/mol. The summed E-state index contributed by atoms with van der Waals surface area (Å²) in [6.07, 6.45) is 7.94. The molecule has 214 valence electrons. The van der Waals surface area contributed by atoms with E-state index >= 15 is 0 Å². The molecule has 2 aromatic carbocycles. The first-order chi connectivity index (χ1) is 20.0. The molecule has 0 bridgehead atoms. The van der Waals surface area contributed by atoms with E-state index in [0.717, 1.165) is 24.3 Å². The summed E-state index contributed by atoms with van der Waals surface area (Å²) in [6, 6.07) is 10.7. The average molecular weight is 564 g/mol. The molecular formula is C29H31F2N7O3. The van der Waals surface area contributed by atoms with Crippen LogP contribution in [-0.4, -0.2) is 56.6 Å². The number of carbonyl (C=O) groups is 1. The minimum atomic E-state index is -1.11. The van der Waals surface area contributed by atoms with E-state index in [9.17, 15) is 18.7 Å². The van der Waals surface area contributed by atoms with Gasteiger partial charge >= 0.3 is 0 Å². The number of amides is 1. The molecule has 1 saturated carbocycles. The Balaban J connectivity index is 1.12. The minimum absolute atomic E-state index is 0.123. The van der Waals surface area contributed by atoms with Crippen molar-refractivity contribution < 1.29 is 23.4 Å². The topological polar surface area (TPSA) is 137 Å². The molecule has 1 amide bonds. The van der Waals surface area contributed by atoms with Gasteiger partial charge in [-0.2, -0.15) is 5.10 Å². The Labute approximate surface area is 235 Å². The van der Waals surface area contributed by atoms with Gasteiger partial charge in [-0.3, -0.25) is 14.9 Å². The summed E-state index contributed by atoms with van der Waals surface area (Å²) >= 11 is 0. The second-order valence-electron chi connectivity index (χ2n) is 9.93. The van der Waals surface area contributed by atoms with Gasteiger partial charge in [0.15, 0.2) is 17.5 Å². The van der Waals surface area contributed by atoms with Crippen molar-refractivity contribution in [3.05, 3.63) is 66.1 Å². The van der Waals surface area contributed by atoms with Crippen molar-refractivity contribution in [2.45, 2.75) is 44.6 Å². The van der Waals surface area contributed by atoms with E-state index < -0.39 is 17.5 Å². The second-order valence-corrected chi connectivity index (χ2v) is 9.93. The molecule has 0 aliphatic heterocycles. The van der Waals surface area contributed by atoms with Crippen LogP contribution in [0.4, 0.5) is 26.1 Å². The van der Waals surface area contributed by atoms with Gasteiger partial charge in [0.2, 0.25) is 5.91 Å². The van der Waals surface area contributed by atoms with Crippen molar-refractivity contribution in [1.29, 1.82) is 0 Å². The van der Waals surface area contributed by atoms with Crippen molar-refractivity contribution in [1.82, 2.24) is 20.2 Å². The second kappa shape index (κ2) is 13.3. The number of carbonyl (C=O) groups excluding carboxylic acids is 1. The maximum atomic E-state index is 13.8. The Morgan fingerprint density at radius 1 is 1.20 bits per heavy atom. The molecule has 5 rings (SSSR count). The van der Waals surface area contributed by atoms with Crippen LogP contribution in [0.2, 0.25) is 0 Å². The zero-order valence-corrected chi connectivity index (χ0v) is 22.3. The van der Waals surface area contributed by atoms with E-state index in [-0.39, 0.29) is 18.2 Å². The number of rotatable bonds is 12. The summed E-state index contributed by atoms with van der Waals surface area (Å²) in [6.45, 7) is 0.882. The number of ether oxygens (including phenoxy) is 1. The number of hydrogen-bond acceptors (Lipinski definition) is 8. The molecule has 2 aromatic heterocycles. The van der Waals surface area contributed by atoms with Gasteiger partial charge in [-0.05, 0) is 43.0 Å². The van der Waals surface area contributed by atoms with Gasteiger partial charge in [0.1, 0.15) is 17.9 Å². The van der Waals surface area contributed by atoms with Gasteiger partial charge in [-0.1, -0.05) is 18.9 Å². The molecule has 1 unspecified atom stereocenters. The zero-order valence-electron chi connectivity index (χ0n) is 22.3. The molecule has 0 radical (unpaired) electrons. The quantitative estimate of drug-likeness (QED) is 0.141. The first-order valence-corrected chi connectivity index (χ1v) is 13.6. The van der Waals surface area contributed by atoms with E-state index in [4.69, 9.17) is 4.74 Å². The molecule has 41 heavy (non-hydrogen) atoms. The fourth-order valence-corrected chi connectivity index (χ4v) is 4.83. The third-order valence-electron chi connectivity index (χ3n) is 6.94. The molecule has 1 aliphatic rings. The van der Waals surface area contributed by atoms with E-state index in [1.165, 1.54) is 31.3 Å². The van der Waals surface area contributed by atoms with Crippen LogP contribution in [0.5, 0.6) is 5.75 Å². The standard InChI is InChI=1S/C29H31F2N7O3/c30-22-7-3-8-23(28(22)31)35-27(40)14-19-13-26(38-37-19)36-29-21-10-9-20(15-24(21)33-17-34-29)41-12-4-11-32-16-25(39)18-5-1-2-6-18/h3,7-11,13,15,17-18,25,39H,1-2,4-6,12,14,16H2,(H,35,40)(H2,33,34,36,37,38). The summed E-state index contributed by atoms with van der Waals surface area (Å²) in [5.74, 6) is -0.716. The molecule has 2 heterocycles. The zero-order chi connectivity index (χ0) is 28.6. The Hall–Kier alpha value is -4.45. The Bertz CT molecular complexity index is 1520. The maximum absolute atomic E-state index is 13.8. The highest BCUT2D eigenvalue weighted by Crippen LogP contribution is 2.28. The molecule has 0 spiro atoms. The minimum Gasteiger partial charge on any atom is -0.493 e. The number of halogens is 2. The predicted octanol–water partition coefficient (Wildman–Crippen LogP) is 4.95. The first-order valence-electron chi connectivity index (χ1n) is 13.6. The number of fused-ring (bicyclic) bond motifs is 1. The summed E-state index contributed by atoms with van der Waals surface area (Å²) in [7, 11) is 0. The van der Waals surface area contributed by atoms with E-state index in [1.807, 2.05) is 18.2 Å². The van der Waals surface area contributed by atoms with Crippen LogP contribution in [0.3, 0.4) is 0 Å². The summed E-state index contributed by atoms with van der Waals surface area (Å²) in [4.78, 5) is 25.3. The van der Waals surface area contributed by atoms with Gasteiger partial charge in [0, 0.05) is 35.8 Å². The maximum Gasteiger partial charge on any atom is 0.230 e. The number of benzene rings is 2. The Kier molecular flexibility index (Phi) is 9.09. The van der Waals surface area contributed by atoms with Crippen LogP contribution in [-0.2, 0) is 11.2 Å². The number of nitrogens with zero attached hydrogens (tertiary/aromatic N) is 4. The van der Waals surface area contributed by atoms with Crippen LogP contribution in [0.1, 0.15) is 37.8 Å². The van der Waals surface area contributed by atoms with Crippen molar-refractivity contribution >= 4 is 40.3 Å². The summed E-state index contributed by atoms with van der Waals surface area (Å²) in [5, 5.41) is 23.3. The highest BCUT2D eigenvalue weighted by molar-refractivity contribution is 5.93. The SMILES string of the molecule is O=C(Cc1cc(Nc2ncnc3cc(OCCC=NCC(O)C4CCCC4)ccc23)n[nH]1)Nc1cccc(F)c1F. The van der Waals surface area contributed by atoms with E-state index in [1.54, 1.807) is 12.3 Å². The third-order valence-corrected chi connectivity index (χ3v) is 6.94. The molecule has 1 atom stereocenters. The number of H-pyrrole nitrogens is 1. The van der Waals surface area contributed by atoms with Crippen molar-refractivity contribution in [2.75, 3.05) is 23.8 Å². The fraction of sp³-hybridized carbons (Fsp3) is 0.345. The number of aliphatic hydroxyl groups is 1. The smallest absolute Gasteiger partial charge is 0.230 e. The van der Waals surface area contributed by atoms with Crippen LogP contribution in [0.15, 0.2) is 53.8 Å². The lowest BCUT2D eigenvalue weighted by atomic mass is 10.0. The number of aliphatic imine (C=N–C) groups is 1. The van der Waals surface area contributed by atoms with Crippen molar-refractivity contribution in [3.63, 3.8) is 0 Å². The molecule has 10 nitrogen and oxygen atoms in total. The lowest BCUT2D eigenvalue weighted by molar-refractivity contribution is -0.115. The normalized spacial score (nSPS) is 14.5. The van der Waals surface area contributed by atoms with Crippen LogP contribution >= 0.6 is 0 Å². The average Bonchev–Trinajstić information content (AvgIpc) is 3.66. The number of hydrogen-bond donors (Lipinski definition) is 4. The molecule has 1 aliphatic carbocycles. The first kappa shape index (κ1) is 28.1. The van der Waals surface area contributed by atoms with E-state index in [2.05, 4.69) is 35.8 Å². The monoisotopic (exact) mass is 563 g/mol. The van der Waals surface area contributed by atoms with Crippen LogP contribution in [0.25, 0.3) is 10.9 Å². The van der Waals surface area contributed by atoms with Crippen molar-refractivity contribution in [3.8, 4) is 5.75 Å². The van der Waals surface area contributed by atoms with Crippen LogP contribution < -0.4 is 15.4 Å². The van der Waals surface area contributed by atoms with Gasteiger partial charge in [0.25, 0.3) is 0 Å². The number of nitrogens with one attached hydrogen (secondary N) is 3. The summed E-state index contributed by atoms with van der Waals surface area (Å²) in [5.41, 5.74) is 0.902. The number of aliphatic hydroxyl groups excluding tert-OH is 1. The molecule has 0 saturated heterocycles. The van der Waals surface area contributed by atoms with Crippen LogP contribution in [0, 0.1) is 17.6 Å². The Morgan fingerprint density at radius 3 is 2.90 bits per heavy atom. The summed E-state index contributed by atoms with van der Waals surface area (Å²) < 4.78 is 33.0. The lowest BCUT2D eigenvalue weighted by Crippen LogP contribution is -2.20. The highest BCUT2D eigenvalue weighted by Gasteiger charge is 2.22. The molecule has 12 heteroatoms. The fourth-order valence-electron chi connectivity index (χ4n) is 4.83. The highest BCUT2D eigenvalue weighted by atomic mass is 19.2. The molecule has 4 aromatic rings. The molecule has 1 fully saturated rings.